The third kappa shape index (κ3) is 7.26. The van der Waals surface area contributed by atoms with Gasteiger partial charge in [0.25, 0.3) is 0 Å². The summed E-state index contributed by atoms with van der Waals surface area (Å²) in [5.41, 5.74) is 8.54. The fourth-order valence-corrected chi connectivity index (χ4v) is 6.56. The van der Waals surface area contributed by atoms with Crippen LogP contribution in [-0.4, -0.2) is 23.8 Å². The summed E-state index contributed by atoms with van der Waals surface area (Å²) in [5.74, 6) is -0.224. The monoisotopic (exact) mass is 608 g/mol. The maximum Gasteiger partial charge on any atom is 0.341 e. The van der Waals surface area contributed by atoms with Crippen LogP contribution in [-0.2, 0) is 9.53 Å². The van der Waals surface area contributed by atoms with Crippen LogP contribution in [0.2, 0.25) is 5.02 Å². The van der Waals surface area contributed by atoms with Gasteiger partial charge in [0.05, 0.1) is 12.2 Å². The van der Waals surface area contributed by atoms with Crippen molar-refractivity contribution in [1.29, 1.82) is 0 Å². The van der Waals surface area contributed by atoms with Crippen molar-refractivity contribution >= 4 is 17.6 Å². The van der Waals surface area contributed by atoms with Gasteiger partial charge in [-0.1, -0.05) is 116 Å². The number of benzene rings is 4. The molecule has 0 aromatic heterocycles. The van der Waals surface area contributed by atoms with Crippen LogP contribution in [0.25, 0.3) is 22.3 Å². The summed E-state index contributed by atoms with van der Waals surface area (Å²) >= 11 is 6.11. The Kier molecular flexibility index (Phi) is 10.2. The molecule has 1 fully saturated rings. The van der Waals surface area contributed by atoms with Crippen LogP contribution in [0.3, 0.4) is 0 Å². The zero-order valence-corrected chi connectivity index (χ0v) is 26.5. The molecule has 0 spiro atoms. The first-order valence-corrected chi connectivity index (χ1v) is 15.8. The van der Waals surface area contributed by atoms with E-state index in [-0.39, 0.29) is 24.0 Å². The molecule has 4 aromatic rings. The maximum atomic E-state index is 11.6. The zero-order chi connectivity index (χ0) is 31.2. The number of hydrogen-bond donors (Lipinski definition) is 1. The summed E-state index contributed by atoms with van der Waals surface area (Å²) in [7, 11) is 0. The van der Waals surface area contributed by atoms with Crippen LogP contribution in [0.1, 0.15) is 68.2 Å². The van der Waals surface area contributed by atoms with E-state index in [0.717, 1.165) is 69.7 Å². The molecule has 1 aliphatic rings. The van der Waals surface area contributed by atoms with E-state index in [2.05, 4.69) is 57.7 Å². The Morgan fingerprint density at radius 3 is 2.20 bits per heavy atom. The second-order valence-corrected chi connectivity index (χ2v) is 12.4. The van der Waals surface area contributed by atoms with Crippen molar-refractivity contribution < 1.29 is 19.4 Å². The summed E-state index contributed by atoms with van der Waals surface area (Å²) in [6, 6.07) is 30.9. The van der Waals surface area contributed by atoms with Gasteiger partial charge >= 0.3 is 5.97 Å². The number of halogens is 1. The molecule has 0 aliphatic carbocycles. The van der Waals surface area contributed by atoms with Gasteiger partial charge in [-0.3, -0.25) is 0 Å². The third-order valence-corrected chi connectivity index (χ3v) is 8.98. The number of ether oxygens (including phenoxy) is 2. The third-order valence-electron chi connectivity index (χ3n) is 8.73. The Balaban J connectivity index is 1.52. The Labute approximate surface area is 266 Å². The molecule has 5 heteroatoms. The fraction of sp³-hybridized carbons (Fsp3) is 0.308. The van der Waals surface area contributed by atoms with Gasteiger partial charge in [0.2, 0.25) is 0 Å². The summed E-state index contributed by atoms with van der Waals surface area (Å²) in [6.07, 6.45) is 3.65. The molecule has 1 heterocycles. The number of carboxylic acids is 1. The van der Waals surface area contributed by atoms with Gasteiger partial charge in [-0.2, -0.15) is 0 Å². The molecule has 4 nitrogen and oxygen atoms in total. The lowest BCUT2D eigenvalue weighted by molar-refractivity contribution is -0.139. The van der Waals surface area contributed by atoms with E-state index in [0.29, 0.717) is 5.75 Å². The van der Waals surface area contributed by atoms with Crippen molar-refractivity contribution in [1.82, 2.24) is 0 Å². The molecule has 1 N–H and O–H groups in total. The summed E-state index contributed by atoms with van der Waals surface area (Å²) in [4.78, 5) is 11.6. The second kappa shape index (κ2) is 14.3. The molecular formula is C39H41ClO4. The first kappa shape index (κ1) is 31.6. The predicted molar refractivity (Wildman–Crippen MR) is 179 cm³/mol. The van der Waals surface area contributed by atoms with Crippen LogP contribution in [0.15, 0.2) is 103 Å². The lowest BCUT2D eigenvalue weighted by Crippen LogP contribution is -2.36. The normalized spacial score (nSPS) is 19.8. The predicted octanol–water partition coefficient (Wildman–Crippen LogP) is 10.4. The first-order chi connectivity index (χ1) is 21.2. The van der Waals surface area contributed by atoms with Crippen molar-refractivity contribution in [3.05, 3.63) is 125 Å². The molecule has 0 amide bonds. The van der Waals surface area contributed by atoms with Crippen LogP contribution >= 0.6 is 11.6 Å². The number of carbonyl (C=O) groups is 1. The summed E-state index contributed by atoms with van der Waals surface area (Å²) < 4.78 is 13.1. The van der Waals surface area contributed by atoms with Gasteiger partial charge in [0, 0.05) is 22.4 Å². The van der Waals surface area contributed by atoms with E-state index in [1.165, 1.54) is 5.56 Å². The molecule has 5 rings (SSSR count). The Morgan fingerprint density at radius 1 is 0.955 bits per heavy atom. The zero-order valence-electron chi connectivity index (χ0n) is 25.8. The minimum absolute atomic E-state index is 0.00236. The molecule has 0 unspecified atom stereocenters. The van der Waals surface area contributed by atoms with E-state index < -0.39 is 12.6 Å². The highest BCUT2D eigenvalue weighted by Crippen LogP contribution is 2.50. The van der Waals surface area contributed by atoms with E-state index in [1.807, 2.05) is 60.7 Å². The molecule has 44 heavy (non-hydrogen) atoms. The van der Waals surface area contributed by atoms with Crippen LogP contribution in [0.5, 0.6) is 5.75 Å². The second-order valence-electron chi connectivity index (χ2n) is 11.9. The number of aliphatic carboxylic acids is 1. The highest BCUT2D eigenvalue weighted by Gasteiger charge is 2.41. The summed E-state index contributed by atoms with van der Waals surface area (Å²) in [6.45, 7) is 10.3. The van der Waals surface area contributed by atoms with Gasteiger partial charge < -0.3 is 14.6 Å². The van der Waals surface area contributed by atoms with Crippen LogP contribution in [0.4, 0.5) is 0 Å². The number of rotatable bonds is 11. The van der Waals surface area contributed by atoms with E-state index in [9.17, 15) is 9.90 Å². The van der Waals surface area contributed by atoms with Crippen molar-refractivity contribution in [3.8, 4) is 28.0 Å². The van der Waals surface area contributed by atoms with E-state index >= 15 is 0 Å². The lowest BCUT2D eigenvalue weighted by Gasteiger charge is -2.43. The van der Waals surface area contributed by atoms with Crippen LogP contribution in [0, 0.1) is 12.8 Å². The van der Waals surface area contributed by atoms with Crippen molar-refractivity contribution in [2.75, 3.05) is 6.61 Å². The minimum atomic E-state index is -1.01. The first-order valence-electron chi connectivity index (χ1n) is 15.5. The van der Waals surface area contributed by atoms with E-state index in [4.69, 9.17) is 21.1 Å². The number of carboxylic acid groups (broad SMARTS) is 1. The Bertz CT molecular complexity index is 1580. The Hall–Kier alpha value is -3.86. The van der Waals surface area contributed by atoms with Gasteiger partial charge in [-0.25, -0.2) is 4.79 Å². The maximum absolute atomic E-state index is 11.6. The molecule has 4 atom stereocenters. The molecule has 4 aromatic carbocycles. The van der Waals surface area contributed by atoms with Crippen molar-refractivity contribution in [2.24, 2.45) is 5.92 Å². The molecule has 1 saturated heterocycles. The largest absolute Gasteiger partial charge is 0.481 e. The topological polar surface area (TPSA) is 55.8 Å². The number of unbranched alkanes of at least 4 members (excludes halogenated alkanes) is 1. The van der Waals surface area contributed by atoms with Crippen molar-refractivity contribution in [2.45, 2.75) is 64.6 Å². The highest BCUT2D eigenvalue weighted by molar-refractivity contribution is 6.30. The average molecular weight is 609 g/mol. The molecular weight excluding hydrogens is 568 g/mol. The Morgan fingerprint density at radius 2 is 1.59 bits per heavy atom. The minimum Gasteiger partial charge on any atom is -0.481 e. The molecule has 1 aliphatic heterocycles. The van der Waals surface area contributed by atoms with Gasteiger partial charge in [0.1, 0.15) is 5.75 Å². The van der Waals surface area contributed by atoms with Crippen molar-refractivity contribution in [3.63, 3.8) is 0 Å². The number of aryl methyl sites for hydroxylation is 1. The molecule has 0 bridgehead atoms. The molecule has 0 radical (unpaired) electrons. The SMILES string of the molecule is C=C(C)[C@@H]1C[C@@H](c2ccc(-c3ccc(Cl)cc3)cc2)[C@@H](CCCC)O[C@H]1c1c(C)cc(-c2ccccc2)cc1OCC(=O)O. The lowest BCUT2D eigenvalue weighted by atomic mass is 9.73. The number of hydrogen-bond acceptors (Lipinski definition) is 3. The average Bonchev–Trinajstić information content (AvgIpc) is 3.03. The van der Waals surface area contributed by atoms with E-state index in [1.54, 1.807) is 0 Å². The van der Waals surface area contributed by atoms with Gasteiger partial charge in [0.15, 0.2) is 6.61 Å². The molecule has 0 saturated carbocycles. The van der Waals surface area contributed by atoms with Gasteiger partial charge in [-0.05, 0) is 78.3 Å². The van der Waals surface area contributed by atoms with Crippen LogP contribution < -0.4 is 4.74 Å². The van der Waals surface area contributed by atoms with Gasteiger partial charge in [-0.15, -0.1) is 0 Å². The fourth-order valence-electron chi connectivity index (χ4n) is 6.43. The standard InChI is InChI=1S/C39H41ClO4/c1-5-6-12-35-34(30-15-13-28(14-16-30)29-17-19-32(40)20-18-29)23-33(25(2)3)39(44-35)38-26(4)21-31(27-10-8-7-9-11-27)22-36(38)43-24-37(41)42/h7-11,13-22,33-35,39H,2,5-6,12,23-24H2,1,3-4H3,(H,41,42)/t33-,34-,35+,39+/m0/s1. The quantitative estimate of drug-likeness (QED) is 0.172. The molecule has 228 valence electrons. The summed E-state index contributed by atoms with van der Waals surface area (Å²) in [5, 5.41) is 10.2. The highest BCUT2D eigenvalue weighted by atomic mass is 35.5. The smallest absolute Gasteiger partial charge is 0.341 e.